The molecule has 0 aliphatic carbocycles. The van der Waals surface area contributed by atoms with Crippen LogP contribution < -0.4 is 0 Å². The van der Waals surface area contributed by atoms with Crippen LogP contribution >= 0.6 is 0 Å². The molecule has 3 heterocycles. The standard InChI is InChI=1S/C29H28N3O.C15H28O2.Ir/c1-18(2)12-27-28-22(10-11-33-28)23(16-30-27)26-15-25(31-17-32-26)20-13-19-8-6-7-9-21(19)24(14-20)29(3,4)5;1-7-14(5,8-2)12(16)11-13(17)15(6,9-3)10-4;/h6-11,14-18H,12H2,1-5H3;11,16H,7-10H2,1-6H3;/q-1;;/b;12-11-;. The summed E-state index contributed by atoms with van der Waals surface area (Å²) in [6.07, 6.45) is 10.9. The maximum absolute atomic E-state index is 12.2. The molecule has 275 valence electrons. The van der Waals surface area contributed by atoms with Gasteiger partial charge < -0.3 is 9.52 Å². The van der Waals surface area contributed by atoms with Gasteiger partial charge in [0.25, 0.3) is 0 Å². The van der Waals surface area contributed by atoms with Gasteiger partial charge in [-0.25, -0.2) is 4.98 Å². The normalized spacial score (nSPS) is 12.5. The molecule has 3 aromatic heterocycles. The van der Waals surface area contributed by atoms with Crippen molar-refractivity contribution in [3.8, 4) is 22.5 Å². The summed E-state index contributed by atoms with van der Waals surface area (Å²) in [7, 11) is 0. The molecular weight excluding hydrogens is 811 g/mol. The molecule has 0 amide bonds. The summed E-state index contributed by atoms with van der Waals surface area (Å²) in [5.41, 5.74) is 6.10. The number of ketones is 1. The van der Waals surface area contributed by atoms with Crippen LogP contribution in [-0.2, 0) is 36.7 Å². The minimum absolute atomic E-state index is 0. The quantitative estimate of drug-likeness (QED) is 0.0808. The van der Waals surface area contributed by atoms with Gasteiger partial charge in [0.2, 0.25) is 0 Å². The average Bonchev–Trinajstić information content (AvgIpc) is 3.61. The second kappa shape index (κ2) is 17.2. The molecule has 0 unspecified atom stereocenters. The number of hydrogen-bond acceptors (Lipinski definition) is 6. The van der Waals surface area contributed by atoms with Crippen LogP contribution in [0.2, 0.25) is 0 Å². The first-order chi connectivity index (χ1) is 23.6. The first kappa shape index (κ1) is 41.7. The van der Waals surface area contributed by atoms with Crippen molar-refractivity contribution in [2.45, 2.75) is 114 Å². The van der Waals surface area contributed by atoms with Crippen LogP contribution in [-0.4, -0.2) is 25.8 Å². The summed E-state index contributed by atoms with van der Waals surface area (Å²) in [5, 5.41) is 13.5. The van der Waals surface area contributed by atoms with Crippen molar-refractivity contribution < 1.29 is 34.4 Å². The zero-order chi connectivity index (χ0) is 36.9. The number of aliphatic hydroxyl groups is 1. The van der Waals surface area contributed by atoms with Crippen LogP contribution in [0, 0.1) is 22.8 Å². The van der Waals surface area contributed by atoms with Crippen molar-refractivity contribution in [3.63, 3.8) is 0 Å². The molecule has 1 N–H and O–H groups in total. The van der Waals surface area contributed by atoms with Crippen LogP contribution in [0.15, 0.2) is 77.5 Å². The van der Waals surface area contributed by atoms with E-state index in [-0.39, 0.29) is 47.9 Å². The topological polar surface area (TPSA) is 89.1 Å². The number of carbonyl (C=O) groups excluding carboxylic acids is 1. The molecule has 0 fully saturated rings. The van der Waals surface area contributed by atoms with Gasteiger partial charge in [0.15, 0.2) is 11.4 Å². The zero-order valence-corrected chi connectivity index (χ0v) is 34.8. The number of carbonyl (C=O) groups is 1. The average molecular weight is 867 g/mol. The Labute approximate surface area is 319 Å². The monoisotopic (exact) mass is 867 g/mol. The fourth-order valence-corrected chi connectivity index (χ4v) is 6.08. The fraction of sp³-hybridized carbons (Fsp3) is 0.455. The first-order valence-corrected chi connectivity index (χ1v) is 18.2. The number of aliphatic hydroxyl groups excluding tert-OH is 1. The predicted molar refractivity (Wildman–Crippen MR) is 207 cm³/mol. The molecule has 2 aromatic carbocycles. The maximum Gasteiger partial charge on any atom is 0.164 e. The fourth-order valence-electron chi connectivity index (χ4n) is 6.08. The van der Waals surface area contributed by atoms with E-state index in [4.69, 9.17) is 9.40 Å². The number of benzene rings is 2. The number of fused-ring (bicyclic) bond motifs is 2. The Morgan fingerprint density at radius 1 is 0.863 bits per heavy atom. The molecule has 0 aliphatic rings. The van der Waals surface area contributed by atoms with Crippen molar-refractivity contribution in [1.82, 2.24) is 15.0 Å². The molecular formula is C44H56IrN3O3-. The Balaban J connectivity index is 0.000000335. The number of aromatic nitrogens is 3. The number of pyridine rings is 1. The van der Waals surface area contributed by atoms with E-state index >= 15 is 0 Å². The summed E-state index contributed by atoms with van der Waals surface area (Å²) < 4.78 is 5.82. The Kier molecular flexibility index (Phi) is 14.1. The van der Waals surface area contributed by atoms with E-state index in [2.05, 4.69) is 81.0 Å². The van der Waals surface area contributed by atoms with E-state index in [9.17, 15) is 9.90 Å². The van der Waals surface area contributed by atoms with E-state index in [0.29, 0.717) is 5.92 Å². The van der Waals surface area contributed by atoms with E-state index in [0.717, 1.165) is 76.7 Å². The molecule has 0 atom stereocenters. The Hall–Kier alpha value is -3.67. The van der Waals surface area contributed by atoms with Gasteiger partial charge in [0.05, 0.1) is 17.7 Å². The summed E-state index contributed by atoms with van der Waals surface area (Å²) in [4.78, 5) is 26.1. The van der Waals surface area contributed by atoms with Gasteiger partial charge in [-0.3, -0.25) is 14.8 Å². The van der Waals surface area contributed by atoms with Crippen molar-refractivity contribution in [2.24, 2.45) is 16.7 Å². The molecule has 0 saturated carbocycles. The molecule has 51 heavy (non-hydrogen) atoms. The summed E-state index contributed by atoms with van der Waals surface area (Å²) in [5.74, 6) is 0.788. The number of furan rings is 1. The van der Waals surface area contributed by atoms with Crippen LogP contribution in [0.5, 0.6) is 0 Å². The zero-order valence-electron chi connectivity index (χ0n) is 32.4. The van der Waals surface area contributed by atoms with E-state index in [1.807, 2.05) is 59.9 Å². The second-order valence-corrected chi connectivity index (χ2v) is 15.5. The number of allylic oxidation sites excluding steroid dienone is 2. The van der Waals surface area contributed by atoms with Crippen molar-refractivity contribution in [1.29, 1.82) is 0 Å². The molecule has 5 rings (SSSR count). The second-order valence-electron chi connectivity index (χ2n) is 15.5. The van der Waals surface area contributed by atoms with E-state index in [1.165, 1.54) is 17.0 Å². The van der Waals surface area contributed by atoms with Gasteiger partial charge in [-0.2, -0.15) is 0 Å². The third kappa shape index (κ3) is 9.42. The summed E-state index contributed by atoms with van der Waals surface area (Å²) in [6, 6.07) is 18.2. The SMILES string of the molecule is CC(C)Cc1ncc(-c2cc(-c3[c-]c4ccccc4c(C(C)(C)C)c3)ncn2)c2ccoc12.CCC(C)(CC)C(=O)/C=C(\O)C(C)(CC)CC.[Ir]. The largest absolute Gasteiger partial charge is 0.512 e. The summed E-state index contributed by atoms with van der Waals surface area (Å²) in [6.45, 7) is 23.2. The molecule has 0 spiro atoms. The molecule has 0 saturated heterocycles. The Morgan fingerprint density at radius 2 is 1.49 bits per heavy atom. The molecule has 0 bridgehead atoms. The molecule has 7 heteroatoms. The molecule has 5 aromatic rings. The molecule has 0 aliphatic heterocycles. The first-order valence-electron chi connectivity index (χ1n) is 18.2. The molecule has 6 nitrogen and oxygen atoms in total. The van der Waals surface area contributed by atoms with Gasteiger partial charge in [0.1, 0.15) is 12.1 Å². The van der Waals surface area contributed by atoms with E-state index in [1.54, 1.807) is 12.6 Å². The maximum atomic E-state index is 12.2. The van der Waals surface area contributed by atoms with Crippen molar-refractivity contribution in [3.05, 3.63) is 90.4 Å². The van der Waals surface area contributed by atoms with E-state index < -0.39 is 0 Å². The Morgan fingerprint density at radius 3 is 2.10 bits per heavy atom. The van der Waals surface area contributed by atoms with Crippen LogP contribution in [0.3, 0.4) is 0 Å². The van der Waals surface area contributed by atoms with Crippen LogP contribution in [0.4, 0.5) is 0 Å². The van der Waals surface area contributed by atoms with Crippen molar-refractivity contribution in [2.75, 3.05) is 0 Å². The van der Waals surface area contributed by atoms with Crippen molar-refractivity contribution >= 4 is 27.5 Å². The molecule has 1 radical (unpaired) electrons. The third-order valence-corrected chi connectivity index (χ3v) is 10.6. The van der Waals surface area contributed by atoms with Gasteiger partial charge in [-0.15, -0.1) is 29.1 Å². The summed E-state index contributed by atoms with van der Waals surface area (Å²) >= 11 is 0. The number of nitrogens with zero attached hydrogens (tertiary/aromatic N) is 3. The minimum atomic E-state index is -0.337. The van der Waals surface area contributed by atoms with Crippen LogP contribution in [0.25, 0.3) is 44.3 Å². The number of rotatable bonds is 11. The smallest absolute Gasteiger partial charge is 0.164 e. The third-order valence-electron chi connectivity index (χ3n) is 10.6. The van der Waals surface area contributed by atoms with Gasteiger partial charge in [0, 0.05) is 59.9 Å². The van der Waals surface area contributed by atoms with Gasteiger partial charge in [-0.05, 0) is 55.6 Å². The Bertz CT molecular complexity index is 1960. The van der Waals surface area contributed by atoms with Crippen LogP contribution in [0.1, 0.15) is 113 Å². The van der Waals surface area contributed by atoms with Gasteiger partial charge >= 0.3 is 0 Å². The minimum Gasteiger partial charge on any atom is -0.512 e. The predicted octanol–water partition coefficient (Wildman–Crippen LogP) is 12.0. The van der Waals surface area contributed by atoms with Gasteiger partial charge in [-0.1, -0.05) is 105 Å². The number of hydrogen-bond donors (Lipinski definition) is 1.